The highest BCUT2D eigenvalue weighted by atomic mass is 32.2. The summed E-state index contributed by atoms with van der Waals surface area (Å²) in [7, 11) is 1.72. The molecule has 1 aromatic carbocycles. The number of nitrogens with zero attached hydrogens (tertiary/aromatic N) is 1. The van der Waals surface area contributed by atoms with Crippen LogP contribution in [0, 0.1) is 5.41 Å². The minimum absolute atomic E-state index is 0.0183. The molecule has 4 rings (SSSR count). The van der Waals surface area contributed by atoms with Crippen LogP contribution < -0.4 is 16.0 Å². The van der Waals surface area contributed by atoms with Crippen LogP contribution in [0.2, 0.25) is 0 Å². The monoisotopic (exact) mass is 458 g/mol. The maximum Gasteiger partial charge on any atom is 0.246 e. The molecular weight excluding hydrogens is 424 g/mol. The van der Waals surface area contributed by atoms with Crippen molar-refractivity contribution in [3.05, 3.63) is 35.4 Å². The highest BCUT2D eigenvalue weighted by molar-refractivity contribution is 7.99. The average Bonchev–Trinajstić information content (AvgIpc) is 3.24. The van der Waals surface area contributed by atoms with Crippen LogP contribution in [0.25, 0.3) is 0 Å². The molecule has 7 nitrogen and oxygen atoms in total. The lowest BCUT2D eigenvalue weighted by atomic mass is 9.84. The third kappa shape index (κ3) is 4.27. The van der Waals surface area contributed by atoms with Crippen molar-refractivity contribution in [2.45, 2.75) is 76.0 Å². The van der Waals surface area contributed by atoms with Crippen LogP contribution in [0.4, 0.5) is 0 Å². The van der Waals surface area contributed by atoms with Gasteiger partial charge >= 0.3 is 0 Å². The van der Waals surface area contributed by atoms with E-state index >= 15 is 0 Å². The second-order valence-corrected chi connectivity index (χ2v) is 11.1. The number of carbonyl (C=O) groups is 3. The van der Waals surface area contributed by atoms with Gasteiger partial charge in [0.15, 0.2) is 0 Å². The molecule has 2 heterocycles. The number of hydrogen-bond donors (Lipinski definition) is 3. The van der Waals surface area contributed by atoms with Crippen molar-refractivity contribution >= 4 is 29.5 Å². The van der Waals surface area contributed by atoms with Crippen LogP contribution in [-0.2, 0) is 20.8 Å². The fourth-order valence-corrected chi connectivity index (χ4v) is 6.81. The largest absolute Gasteiger partial charge is 0.347 e. The molecule has 3 amide bonds. The number of thioether (sulfide) groups is 1. The van der Waals surface area contributed by atoms with Gasteiger partial charge in [-0.25, -0.2) is 0 Å². The molecule has 2 saturated heterocycles. The number of hydrogen-bond acceptors (Lipinski definition) is 5. The van der Waals surface area contributed by atoms with Gasteiger partial charge in [-0.15, -0.1) is 11.8 Å². The Balaban J connectivity index is 1.55. The molecule has 0 radical (unpaired) electrons. The number of amides is 3. The van der Waals surface area contributed by atoms with Gasteiger partial charge in [-0.2, -0.15) is 0 Å². The van der Waals surface area contributed by atoms with E-state index in [0.29, 0.717) is 6.42 Å². The fraction of sp³-hybridized carbons (Fsp3) is 0.625. The Morgan fingerprint density at radius 3 is 2.66 bits per heavy atom. The minimum atomic E-state index is -0.604. The number of benzene rings is 1. The van der Waals surface area contributed by atoms with Crippen LogP contribution >= 0.6 is 11.8 Å². The van der Waals surface area contributed by atoms with Gasteiger partial charge in [0.25, 0.3) is 0 Å². The van der Waals surface area contributed by atoms with Crippen molar-refractivity contribution in [2.75, 3.05) is 12.8 Å². The van der Waals surface area contributed by atoms with E-state index in [4.69, 9.17) is 0 Å². The Kier molecular flexibility index (Phi) is 6.54. The van der Waals surface area contributed by atoms with Gasteiger partial charge in [0, 0.05) is 0 Å². The first-order valence-electron chi connectivity index (χ1n) is 11.5. The van der Waals surface area contributed by atoms with Crippen LogP contribution in [0.15, 0.2) is 24.3 Å². The maximum atomic E-state index is 13.6. The van der Waals surface area contributed by atoms with Gasteiger partial charge < -0.3 is 20.9 Å². The summed E-state index contributed by atoms with van der Waals surface area (Å²) in [5.41, 5.74) is 2.11. The van der Waals surface area contributed by atoms with Crippen LogP contribution in [0.5, 0.6) is 0 Å². The summed E-state index contributed by atoms with van der Waals surface area (Å²) in [5, 5.41) is 9.02. The van der Waals surface area contributed by atoms with Gasteiger partial charge in [0.2, 0.25) is 17.7 Å². The highest BCUT2D eigenvalue weighted by Crippen LogP contribution is 2.46. The molecule has 8 heteroatoms. The molecule has 2 fully saturated rings. The van der Waals surface area contributed by atoms with E-state index in [0.717, 1.165) is 25.0 Å². The Morgan fingerprint density at radius 1 is 1.16 bits per heavy atom. The molecule has 3 N–H and O–H groups in total. The number of rotatable bonds is 5. The molecule has 0 saturated carbocycles. The predicted molar refractivity (Wildman–Crippen MR) is 126 cm³/mol. The molecule has 174 valence electrons. The number of likely N-dealkylation sites (N-methyl/N-ethyl adjacent to an activating group) is 1. The van der Waals surface area contributed by atoms with E-state index in [-0.39, 0.29) is 40.6 Å². The van der Waals surface area contributed by atoms with E-state index in [2.05, 4.69) is 41.9 Å². The molecule has 1 aromatic rings. The molecule has 0 spiro atoms. The zero-order valence-electron chi connectivity index (χ0n) is 19.3. The SMILES string of the molecule is CNC(C)C(=O)N[C@H]1CCS[C@H]2CC(C)(C)[C@@H](C(=O)N[C@@H]3CCc4ccccc43)N2C1=O. The molecule has 32 heavy (non-hydrogen) atoms. The fourth-order valence-electron chi connectivity index (χ4n) is 5.24. The molecule has 2 aliphatic heterocycles. The summed E-state index contributed by atoms with van der Waals surface area (Å²) in [6.07, 6.45) is 3.17. The van der Waals surface area contributed by atoms with E-state index in [1.165, 1.54) is 11.1 Å². The van der Waals surface area contributed by atoms with Crippen molar-refractivity contribution < 1.29 is 14.4 Å². The molecule has 0 aromatic heterocycles. The number of fused-ring (bicyclic) bond motifs is 2. The van der Waals surface area contributed by atoms with Gasteiger partial charge in [0.05, 0.1) is 17.5 Å². The summed E-state index contributed by atoms with van der Waals surface area (Å²) in [6.45, 7) is 5.90. The first-order chi connectivity index (χ1) is 15.2. The molecule has 0 bridgehead atoms. The molecular formula is C24H34N4O3S. The van der Waals surface area contributed by atoms with Gasteiger partial charge in [0.1, 0.15) is 12.1 Å². The second-order valence-electron chi connectivity index (χ2n) is 9.83. The normalized spacial score (nSPS) is 29.6. The Hall–Kier alpha value is -2.06. The number of nitrogens with one attached hydrogen (secondary N) is 3. The quantitative estimate of drug-likeness (QED) is 0.628. The third-order valence-corrected chi connectivity index (χ3v) is 8.39. The van der Waals surface area contributed by atoms with Gasteiger partial charge in [-0.3, -0.25) is 14.4 Å². The van der Waals surface area contributed by atoms with E-state index in [1.807, 2.05) is 12.1 Å². The van der Waals surface area contributed by atoms with E-state index in [9.17, 15) is 14.4 Å². The first-order valence-corrected chi connectivity index (χ1v) is 12.6. The highest BCUT2D eigenvalue weighted by Gasteiger charge is 2.54. The minimum Gasteiger partial charge on any atom is -0.347 e. The molecule has 3 aliphatic rings. The van der Waals surface area contributed by atoms with Crippen molar-refractivity contribution in [1.29, 1.82) is 0 Å². The Labute approximate surface area is 194 Å². The number of carbonyl (C=O) groups excluding carboxylic acids is 3. The lowest BCUT2D eigenvalue weighted by Gasteiger charge is -2.34. The maximum absolute atomic E-state index is 13.6. The average molecular weight is 459 g/mol. The summed E-state index contributed by atoms with van der Waals surface area (Å²) in [5.74, 6) is 0.334. The lowest BCUT2D eigenvalue weighted by Crippen LogP contribution is -2.58. The summed E-state index contributed by atoms with van der Waals surface area (Å²) >= 11 is 1.72. The predicted octanol–water partition coefficient (Wildman–Crippen LogP) is 1.97. The van der Waals surface area contributed by atoms with E-state index < -0.39 is 12.1 Å². The Morgan fingerprint density at radius 2 is 1.91 bits per heavy atom. The van der Waals surface area contributed by atoms with E-state index in [1.54, 1.807) is 30.6 Å². The first kappa shape index (κ1) is 23.1. The van der Waals surface area contributed by atoms with Crippen LogP contribution in [0.1, 0.15) is 57.2 Å². The van der Waals surface area contributed by atoms with Gasteiger partial charge in [-0.1, -0.05) is 38.1 Å². The van der Waals surface area contributed by atoms with Gasteiger partial charge in [-0.05, 0) is 61.9 Å². The summed E-state index contributed by atoms with van der Waals surface area (Å²) in [4.78, 5) is 41.4. The smallest absolute Gasteiger partial charge is 0.246 e. The molecule has 5 atom stereocenters. The topological polar surface area (TPSA) is 90.5 Å². The summed E-state index contributed by atoms with van der Waals surface area (Å²) in [6, 6.07) is 6.67. The molecule has 1 aliphatic carbocycles. The Bertz CT molecular complexity index is 905. The summed E-state index contributed by atoms with van der Waals surface area (Å²) < 4.78 is 0. The standard InChI is InChI=1S/C24H34N4O3S/c1-14(25-4)21(29)27-18-11-12-32-19-13-24(2,3)20(28(19)23(18)31)22(30)26-17-10-9-15-7-5-6-8-16(15)17/h5-8,14,17-20,25H,9-13H2,1-4H3,(H,26,30)(H,27,29)/t14?,17-,18+,19+,20-/m1/s1. The van der Waals surface area contributed by atoms with Crippen LogP contribution in [0.3, 0.4) is 0 Å². The number of aryl methyl sites for hydroxylation is 1. The molecule has 1 unspecified atom stereocenters. The van der Waals surface area contributed by atoms with Crippen molar-refractivity contribution in [1.82, 2.24) is 20.9 Å². The zero-order valence-corrected chi connectivity index (χ0v) is 20.1. The third-order valence-electron chi connectivity index (χ3n) is 7.14. The van der Waals surface area contributed by atoms with Crippen LogP contribution in [-0.4, -0.2) is 58.9 Å². The zero-order chi connectivity index (χ0) is 23.0. The van der Waals surface area contributed by atoms with Crippen molar-refractivity contribution in [3.63, 3.8) is 0 Å². The lowest BCUT2D eigenvalue weighted by molar-refractivity contribution is -0.144. The van der Waals surface area contributed by atoms with Crippen molar-refractivity contribution in [3.8, 4) is 0 Å². The van der Waals surface area contributed by atoms with Crippen molar-refractivity contribution in [2.24, 2.45) is 5.41 Å². The second kappa shape index (κ2) is 9.06.